The van der Waals surface area contributed by atoms with Gasteiger partial charge in [-0.05, 0) is 30.7 Å². The molecule has 0 fully saturated rings. The largest absolute Gasteiger partial charge is 0.481 e. The third-order valence-electron chi connectivity index (χ3n) is 7.26. The number of rotatable bonds is 22. The van der Waals surface area contributed by atoms with Crippen LogP contribution in [0.25, 0.3) is 0 Å². The number of hydrogen-bond acceptors (Lipinski definition) is 8. The molecular weight excluding hydrogens is 598 g/mol. The van der Waals surface area contributed by atoms with Crippen LogP contribution in [0.15, 0.2) is 35.3 Å². The van der Waals surface area contributed by atoms with Crippen molar-refractivity contribution in [1.82, 2.24) is 16.0 Å². The molecule has 0 bridgehead atoms. The van der Waals surface area contributed by atoms with Gasteiger partial charge in [0.1, 0.15) is 23.9 Å². The number of benzene rings is 1. The second-order valence-electron chi connectivity index (χ2n) is 11.5. The Kier molecular flexibility index (Phi) is 17.6. The number of unbranched alkanes of at least 4 members (excludes halogenated alkanes) is 1. The molecule has 0 aromatic heterocycles. The lowest BCUT2D eigenvalue weighted by Crippen LogP contribution is -2.58. The van der Waals surface area contributed by atoms with E-state index in [0.717, 1.165) is 0 Å². The van der Waals surface area contributed by atoms with Gasteiger partial charge in [0.05, 0.1) is 12.5 Å². The van der Waals surface area contributed by atoms with Crippen molar-refractivity contribution in [2.24, 2.45) is 34.0 Å². The van der Waals surface area contributed by atoms with Gasteiger partial charge >= 0.3 is 11.9 Å². The van der Waals surface area contributed by atoms with Gasteiger partial charge in [-0.3, -0.25) is 29.0 Å². The average molecular weight is 648 g/mol. The first-order valence-electron chi connectivity index (χ1n) is 15.4. The molecule has 46 heavy (non-hydrogen) atoms. The van der Waals surface area contributed by atoms with E-state index in [1.54, 1.807) is 44.2 Å². The summed E-state index contributed by atoms with van der Waals surface area (Å²) in [5.74, 6) is -6.95. The molecule has 15 heteroatoms. The molecule has 1 aromatic rings. The molecule has 0 aliphatic rings. The lowest BCUT2D eigenvalue weighted by atomic mass is 9.91. The number of nitrogens with one attached hydrogen (secondary N) is 3. The van der Waals surface area contributed by atoms with Gasteiger partial charge in [0, 0.05) is 25.3 Å². The molecule has 15 nitrogen and oxygen atoms in total. The summed E-state index contributed by atoms with van der Waals surface area (Å²) in [6.07, 6.45) is 1.32. The van der Waals surface area contributed by atoms with Crippen LogP contribution in [0.4, 0.5) is 0 Å². The highest BCUT2D eigenvalue weighted by Crippen LogP contribution is 2.17. The normalized spacial score (nSPS) is 14.2. The Balaban J connectivity index is 3.03. The van der Waals surface area contributed by atoms with Crippen molar-refractivity contribution < 1.29 is 39.0 Å². The number of carbonyl (C=O) groups is 6. The molecule has 0 radical (unpaired) electrons. The summed E-state index contributed by atoms with van der Waals surface area (Å²) >= 11 is 0. The molecule has 0 aliphatic carbocycles. The lowest BCUT2D eigenvalue weighted by molar-refractivity contribution is -0.143. The summed E-state index contributed by atoms with van der Waals surface area (Å²) in [5, 5.41) is 26.5. The quantitative estimate of drug-likeness (QED) is 0.0473. The Morgan fingerprint density at radius 2 is 1.46 bits per heavy atom. The van der Waals surface area contributed by atoms with Crippen LogP contribution in [0.3, 0.4) is 0 Å². The number of aliphatic carboxylic acids is 2. The van der Waals surface area contributed by atoms with Gasteiger partial charge in [-0.2, -0.15) is 0 Å². The third kappa shape index (κ3) is 15.0. The van der Waals surface area contributed by atoms with E-state index in [4.69, 9.17) is 17.2 Å². The minimum Gasteiger partial charge on any atom is -0.481 e. The minimum absolute atomic E-state index is 0.00380. The third-order valence-corrected chi connectivity index (χ3v) is 7.26. The highest BCUT2D eigenvalue weighted by atomic mass is 16.4. The number of ketones is 1. The summed E-state index contributed by atoms with van der Waals surface area (Å²) in [6, 6.07) is 3.69. The predicted octanol–water partition coefficient (Wildman–Crippen LogP) is 0.0453. The second kappa shape index (κ2) is 20.5. The van der Waals surface area contributed by atoms with Gasteiger partial charge < -0.3 is 43.4 Å². The van der Waals surface area contributed by atoms with E-state index in [1.165, 1.54) is 0 Å². The van der Waals surface area contributed by atoms with Gasteiger partial charge in [-0.25, -0.2) is 4.79 Å². The summed E-state index contributed by atoms with van der Waals surface area (Å²) in [7, 11) is 0. The zero-order valence-electron chi connectivity index (χ0n) is 26.7. The van der Waals surface area contributed by atoms with Crippen LogP contribution < -0.4 is 33.2 Å². The molecule has 3 amide bonds. The molecule has 0 saturated heterocycles. The summed E-state index contributed by atoms with van der Waals surface area (Å²) in [5.41, 5.74) is 17.3. The monoisotopic (exact) mass is 647 g/mol. The molecular formula is C31H49N7O8. The van der Waals surface area contributed by atoms with Crippen LogP contribution in [0.2, 0.25) is 0 Å². The molecule has 11 N–H and O–H groups in total. The number of hydrogen-bond donors (Lipinski definition) is 8. The molecule has 0 aliphatic heterocycles. The molecule has 0 saturated carbocycles. The van der Waals surface area contributed by atoms with Crippen molar-refractivity contribution >= 4 is 41.4 Å². The number of amides is 3. The van der Waals surface area contributed by atoms with Gasteiger partial charge in [-0.15, -0.1) is 0 Å². The maximum atomic E-state index is 13.3. The van der Waals surface area contributed by atoms with E-state index in [-0.39, 0.29) is 37.6 Å². The Hall–Kier alpha value is -4.53. The maximum absolute atomic E-state index is 13.3. The number of Topliss-reactive ketones (excluding diaryl/α,β-unsaturated/α-hetero) is 1. The molecule has 1 rings (SSSR count). The first kappa shape index (κ1) is 39.5. The fraction of sp³-hybridized carbons (Fsp3) is 0.581. The number of carboxylic acids is 2. The summed E-state index contributed by atoms with van der Waals surface area (Å²) in [4.78, 5) is 80.0. The first-order valence-corrected chi connectivity index (χ1v) is 15.4. The van der Waals surface area contributed by atoms with Crippen molar-refractivity contribution in [1.29, 1.82) is 0 Å². The van der Waals surface area contributed by atoms with Gasteiger partial charge in [0.15, 0.2) is 5.96 Å². The number of nitrogens with two attached hydrogens (primary N) is 3. The number of nitrogens with zero attached hydrogens (tertiary/aromatic N) is 1. The van der Waals surface area contributed by atoms with E-state index in [1.807, 2.05) is 6.92 Å². The fourth-order valence-electron chi connectivity index (χ4n) is 4.62. The van der Waals surface area contributed by atoms with Gasteiger partial charge in [0.25, 0.3) is 0 Å². The lowest BCUT2D eigenvalue weighted by Gasteiger charge is -2.27. The van der Waals surface area contributed by atoms with Crippen molar-refractivity contribution in [2.75, 3.05) is 6.54 Å². The van der Waals surface area contributed by atoms with Crippen LogP contribution in [0, 0.1) is 11.8 Å². The summed E-state index contributed by atoms with van der Waals surface area (Å²) < 4.78 is 0. The van der Waals surface area contributed by atoms with Gasteiger partial charge in [-0.1, -0.05) is 63.9 Å². The molecule has 0 spiro atoms. The van der Waals surface area contributed by atoms with Crippen molar-refractivity contribution in [3.05, 3.63) is 35.9 Å². The second-order valence-corrected chi connectivity index (χ2v) is 11.5. The highest BCUT2D eigenvalue weighted by molar-refractivity contribution is 5.96. The van der Waals surface area contributed by atoms with E-state index in [0.29, 0.717) is 31.2 Å². The molecule has 1 aromatic carbocycles. The van der Waals surface area contributed by atoms with Crippen LogP contribution >= 0.6 is 0 Å². The van der Waals surface area contributed by atoms with Crippen LogP contribution in [-0.2, 0) is 35.2 Å². The van der Waals surface area contributed by atoms with E-state index < -0.39 is 72.1 Å². The van der Waals surface area contributed by atoms with Crippen LogP contribution in [-0.4, -0.2) is 82.3 Å². The van der Waals surface area contributed by atoms with E-state index in [9.17, 15) is 39.0 Å². The Labute approximate surface area is 269 Å². The van der Waals surface area contributed by atoms with E-state index in [2.05, 4.69) is 20.9 Å². The predicted molar refractivity (Wildman–Crippen MR) is 171 cm³/mol. The SMILES string of the molecule is CCCCC(CC(=O)[C@H](N)CCCN=C(N)N)C(=O)N[C@@H](CC(=O)O)C(=O)N[C@H](C(=O)N[C@@H](Cc1ccccc1)C(=O)O)C(C)C. The Bertz CT molecular complexity index is 1200. The Morgan fingerprint density at radius 3 is 2.00 bits per heavy atom. The Morgan fingerprint density at radius 1 is 0.826 bits per heavy atom. The van der Waals surface area contributed by atoms with Crippen LogP contribution in [0.1, 0.15) is 71.3 Å². The summed E-state index contributed by atoms with van der Waals surface area (Å²) in [6.45, 7) is 5.43. The molecule has 0 heterocycles. The number of carboxylic acid groups (broad SMARTS) is 2. The number of aliphatic imine (C=N–C) groups is 1. The van der Waals surface area contributed by atoms with Crippen LogP contribution in [0.5, 0.6) is 0 Å². The zero-order chi connectivity index (χ0) is 34.8. The first-order chi connectivity index (χ1) is 21.7. The van der Waals surface area contributed by atoms with Gasteiger partial charge in [0.2, 0.25) is 17.7 Å². The number of guanidine groups is 1. The topological polar surface area (TPSA) is 269 Å². The van der Waals surface area contributed by atoms with Crippen molar-refractivity contribution in [3.63, 3.8) is 0 Å². The van der Waals surface area contributed by atoms with Crippen molar-refractivity contribution in [3.8, 4) is 0 Å². The molecule has 256 valence electrons. The standard InChI is InChI=1S/C31H49N7O8/c1-4-5-12-20(16-24(39)21(32)13-9-14-35-31(33)34)27(42)36-22(17-25(40)41)28(43)38-26(18(2)3)29(44)37-23(30(45)46)15-19-10-7-6-8-11-19/h6-8,10-11,18,20-23,26H,4-5,9,12-17,32H2,1-3H3,(H,36,42)(H,37,44)(H,38,43)(H,40,41)(H,45,46)(H4,33,34,35)/t20?,21-,22+,23+,26+/m1/s1. The minimum atomic E-state index is -1.58. The number of carbonyl (C=O) groups excluding carboxylic acids is 4. The zero-order valence-corrected chi connectivity index (χ0v) is 26.7. The van der Waals surface area contributed by atoms with Crippen molar-refractivity contribution in [2.45, 2.75) is 96.3 Å². The molecule has 5 atom stereocenters. The molecule has 1 unspecified atom stereocenters. The smallest absolute Gasteiger partial charge is 0.326 e. The van der Waals surface area contributed by atoms with E-state index >= 15 is 0 Å². The maximum Gasteiger partial charge on any atom is 0.326 e. The average Bonchev–Trinajstić information content (AvgIpc) is 2.98. The fourth-order valence-corrected chi connectivity index (χ4v) is 4.62. The highest BCUT2D eigenvalue weighted by Gasteiger charge is 2.34.